The summed E-state index contributed by atoms with van der Waals surface area (Å²) < 4.78 is 5.19. The van der Waals surface area contributed by atoms with E-state index in [1.807, 2.05) is 41.8 Å². The SMILES string of the molecule is COc1ccccc1C=NNC(=O)Cc1cccs1. The summed E-state index contributed by atoms with van der Waals surface area (Å²) in [6, 6.07) is 11.3. The number of rotatable bonds is 5. The first-order valence-electron chi connectivity index (χ1n) is 5.77. The van der Waals surface area contributed by atoms with Crippen LogP contribution in [-0.2, 0) is 11.2 Å². The minimum Gasteiger partial charge on any atom is -0.496 e. The Morgan fingerprint density at radius 1 is 1.37 bits per heavy atom. The summed E-state index contributed by atoms with van der Waals surface area (Å²) in [5, 5.41) is 5.88. The fourth-order valence-corrected chi connectivity index (χ4v) is 2.26. The third-order valence-corrected chi connectivity index (χ3v) is 3.32. The second kappa shape index (κ2) is 6.70. The van der Waals surface area contributed by atoms with Gasteiger partial charge in [0, 0.05) is 10.4 Å². The van der Waals surface area contributed by atoms with Gasteiger partial charge in [-0.1, -0.05) is 18.2 Å². The minimum absolute atomic E-state index is 0.131. The van der Waals surface area contributed by atoms with Gasteiger partial charge in [-0.05, 0) is 23.6 Å². The van der Waals surface area contributed by atoms with Crippen molar-refractivity contribution in [2.75, 3.05) is 7.11 Å². The molecule has 2 aromatic rings. The monoisotopic (exact) mass is 274 g/mol. The van der Waals surface area contributed by atoms with E-state index in [4.69, 9.17) is 4.74 Å². The highest BCUT2D eigenvalue weighted by atomic mass is 32.1. The van der Waals surface area contributed by atoms with Crippen LogP contribution in [0.25, 0.3) is 0 Å². The van der Waals surface area contributed by atoms with Gasteiger partial charge in [0.05, 0.1) is 19.7 Å². The van der Waals surface area contributed by atoms with Gasteiger partial charge >= 0.3 is 0 Å². The van der Waals surface area contributed by atoms with Crippen molar-refractivity contribution in [1.29, 1.82) is 0 Å². The lowest BCUT2D eigenvalue weighted by atomic mass is 10.2. The number of benzene rings is 1. The number of nitrogens with one attached hydrogen (secondary N) is 1. The predicted molar refractivity (Wildman–Crippen MR) is 76.8 cm³/mol. The molecule has 0 spiro atoms. The van der Waals surface area contributed by atoms with Gasteiger partial charge in [-0.2, -0.15) is 5.10 Å². The second-order valence-corrected chi connectivity index (χ2v) is 4.82. The van der Waals surface area contributed by atoms with Gasteiger partial charge in [0.15, 0.2) is 0 Å². The number of carbonyl (C=O) groups excluding carboxylic acids is 1. The Hall–Kier alpha value is -2.14. The molecule has 4 nitrogen and oxygen atoms in total. The number of hydrogen-bond acceptors (Lipinski definition) is 4. The zero-order valence-electron chi connectivity index (χ0n) is 10.5. The number of hydrazone groups is 1. The number of nitrogens with zero attached hydrogens (tertiary/aromatic N) is 1. The quantitative estimate of drug-likeness (QED) is 0.672. The molecule has 0 atom stereocenters. The second-order valence-electron chi connectivity index (χ2n) is 3.79. The molecule has 1 aromatic carbocycles. The number of thiophene rings is 1. The Morgan fingerprint density at radius 3 is 2.95 bits per heavy atom. The zero-order chi connectivity index (χ0) is 13.5. The highest BCUT2D eigenvalue weighted by Crippen LogP contribution is 2.14. The van der Waals surface area contributed by atoms with Crippen LogP contribution in [-0.4, -0.2) is 19.2 Å². The van der Waals surface area contributed by atoms with Crippen molar-refractivity contribution >= 4 is 23.5 Å². The molecule has 1 aromatic heterocycles. The summed E-state index contributed by atoms with van der Waals surface area (Å²) in [7, 11) is 1.60. The van der Waals surface area contributed by atoms with Crippen LogP contribution in [0.5, 0.6) is 5.75 Å². The molecule has 1 amide bonds. The lowest BCUT2D eigenvalue weighted by Gasteiger charge is -2.03. The van der Waals surface area contributed by atoms with Gasteiger partial charge in [-0.15, -0.1) is 11.3 Å². The molecule has 0 saturated carbocycles. The molecule has 2 rings (SSSR count). The predicted octanol–water partition coefficient (Wildman–Crippen LogP) is 2.45. The van der Waals surface area contributed by atoms with Crippen LogP contribution >= 0.6 is 11.3 Å². The number of ether oxygens (including phenoxy) is 1. The van der Waals surface area contributed by atoms with E-state index in [0.717, 1.165) is 16.2 Å². The molecular formula is C14H14N2O2S. The fourth-order valence-electron chi connectivity index (χ4n) is 1.56. The first-order valence-corrected chi connectivity index (χ1v) is 6.65. The van der Waals surface area contributed by atoms with Crippen LogP contribution in [0.15, 0.2) is 46.9 Å². The Labute approximate surface area is 115 Å². The van der Waals surface area contributed by atoms with E-state index in [0.29, 0.717) is 6.42 Å². The van der Waals surface area contributed by atoms with Crippen LogP contribution in [0, 0.1) is 0 Å². The van der Waals surface area contributed by atoms with Crippen LogP contribution in [0.2, 0.25) is 0 Å². The van der Waals surface area contributed by atoms with Crippen molar-refractivity contribution in [2.24, 2.45) is 5.10 Å². The molecule has 0 saturated heterocycles. The maximum atomic E-state index is 11.6. The van der Waals surface area contributed by atoms with E-state index >= 15 is 0 Å². The molecule has 0 unspecified atom stereocenters. The van der Waals surface area contributed by atoms with Gasteiger partial charge in [0.2, 0.25) is 5.91 Å². The average Bonchev–Trinajstić information content (AvgIpc) is 2.92. The average molecular weight is 274 g/mol. The van der Waals surface area contributed by atoms with E-state index in [1.54, 1.807) is 24.7 Å². The van der Waals surface area contributed by atoms with E-state index in [2.05, 4.69) is 10.5 Å². The lowest BCUT2D eigenvalue weighted by molar-refractivity contribution is -0.120. The number of carbonyl (C=O) groups is 1. The van der Waals surface area contributed by atoms with Crippen molar-refractivity contribution in [2.45, 2.75) is 6.42 Å². The lowest BCUT2D eigenvalue weighted by Crippen LogP contribution is -2.19. The van der Waals surface area contributed by atoms with E-state index in [-0.39, 0.29) is 5.91 Å². The molecule has 98 valence electrons. The molecule has 0 fully saturated rings. The minimum atomic E-state index is -0.131. The number of para-hydroxylation sites is 1. The van der Waals surface area contributed by atoms with Crippen LogP contribution in [0.1, 0.15) is 10.4 Å². The van der Waals surface area contributed by atoms with Crippen LogP contribution in [0.3, 0.4) is 0 Å². The summed E-state index contributed by atoms with van der Waals surface area (Å²) in [4.78, 5) is 12.6. The summed E-state index contributed by atoms with van der Waals surface area (Å²) in [6.07, 6.45) is 1.92. The first-order chi connectivity index (χ1) is 9.29. The third-order valence-electron chi connectivity index (χ3n) is 2.45. The first kappa shape index (κ1) is 13.3. The van der Waals surface area contributed by atoms with Crippen molar-refractivity contribution in [3.05, 3.63) is 52.2 Å². The van der Waals surface area contributed by atoms with Crippen molar-refractivity contribution in [3.8, 4) is 5.75 Å². The molecule has 0 radical (unpaired) electrons. The van der Waals surface area contributed by atoms with E-state index in [1.165, 1.54) is 0 Å². The van der Waals surface area contributed by atoms with E-state index < -0.39 is 0 Å². The van der Waals surface area contributed by atoms with Gasteiger partial charge in [-0.3, -0.25) is 4.79 Å². The Kier molecular flexibility index (Phi) is 4.69. The third kappa shape index (κ3) is 3.93. The highest BCUT2D eigenvalue weighted by molar-refractivity contribution is 7.10. The summed E-state index contributed by atoms with van der Waals surface area (Å²) in [5.74, 6) is 0.590. The molecular weight excluding hydrogens is 260 g/mol. The standard InChI is InChI=1S/C14H14N2O2S/c1-18-13-7-3-2-5-11(13)10-15-16-14(17)9-12-6-4-8-19-12/h2-8,10H,9H2,1H3,(H,16,17). The van der Waals surface area contributed by atoms with Crippen LogP contribution < -0.4 is 10.2 Å². The largest absolute Gasteiger partial charge is 0.496 e. The van der Waals surface area contributed by atoms with Gasteiger partial charge < -0.3 is 4.74 Å². The van der Waals surface area contributed by atoms with Crippen molar-refractivity contribution < 1.29 is 9.53 Å². The molecule has 0 bridgehead atoms. The molecule has 0 aliphatic heterocycles. The fraction of sp³-hybridized carbons (Fsp3) is 0.143. The van der Waals surface area contributed by atoms with Gasteiger partial charge in [0.25, 0.3) is 0 Å². The van der Waals surface area contributed by atoms with E-state index in [9.17, 15) is 4.79 Å². The van der Waals surface area contributed by atoms with Gasteiger partial charge in [-0.25, -0.2) is 5.43 Å². The number of hydrogen-bond donors (Lipinski definition) is 1. The smallest absolute Gasteiger partial charge is 0.245 e. The summed E-state index contributed by atoms with van der Waals surface area (Å²) in [5.41, 5.74) is 3.32. The topological polar surface area (TPSA) is 50.7 Å². The molecule has 1 heterocycles. The molecule has 0 aliphatic carbocycles. The maximum Gasteiger partial charge on any atom is 0.245 e. The maximum absolute atomic E-state index is 11.6. The van der Waals surface area contributed by atoms with Crippen molar-refractivity contribution in [1.82, 2.24) is 5.43 Å². The molecule has 0 aliphatic rings. The highest BCUT2D eigenvalue weighted by Gasteiger charge is 2.02. The van der Waals surface area contributed by atoms with Crippen LogP contribution in [0.4, 0.5) is 0 Å². The normalized spacial score (nSPS) is 10.6. The Morgan fingerprint density at radius 2 is 2.21 bits per heavy atom. The molecule has 5 heteroatoms. The van der Waals surface area contributed by atoms with Gasteiger partial charge in [0.1, 0.15) is 5.75 Å². The Bertz CT molecular complexity index is 565. The zero-order valence-corrected chi connectivity index (χ0v) is 11.3. The Balaban J connectivity index is 1.91. The molecule has 1 N–H and O–H groups in total. The number of amides is 1. The van der Waals surface area contributed by atoms with Crippen molar-refractivity contribution in [3.63, 3.8) is 0 Å². The summed E-state index contributed by atoms with van der Waals surface area (Å²) in [6.45, 7) is 0. The number of methoxy groups -OCH3 is 1. The molecule has 19 heavy (non-hydrogen) atoms. The summed E-state index contributed by atoms with van der Waals surface area (Å²) >= 11 is 1.55.